The maximum absolute atomic E-state index is 11.1. The molecule has 0 saturated carbocycles. The minimum absolute atomic E-state index is 0.0665. The molecule has 15 heavy (non-hydrogen) atoms. The van der Waals surface area contributed by atoms with E-state index in [-0.39, 0.29) is 12.1 Å². The van der Waals surface area contributed by atoms with Crippen molar-refractivity contribution in [3.05, 3.63) is 29.3 Å². The number of carbonyl (C=O) groups excluding carboxylic acids is 1. The normalized spacial score (nSPS) is 9.73. The van der Waals surface area contributed by atoms with E-state index in [4.69, 9.17) is 10.8 Å². The zero-order chi connectivity index (χ0) is 11.4. The molecule has 0 fully saturated rings. The average Bonchev–Trinajstić information content (AvgIpc) is 2.20. The number of carboxylic acid groups (broad SMARTS) is 1. The Bertz CT molecular complexity index is 402. The van der Waals surface area contributed by atoms with Gasteiger partial charge in [-0.25, -0.2) is 4.79 Å². The largest absolute Gasteiger partial charge is 0.478 e. The molecule has 80 valence electrons. The van der Waals surface area contributed by atoms with Crippen molar-refractivity contribution in [1.29, 1.82) is 0 Å². The highest BCUT2D eigenvalue weighted by atomic mass is 16.4. The first-order chi connectivity index (χ1) is 7.06. The van der Waals surface area contributed by atoms with E-state index in [1.54, 1.807) is 19.1 Å². The number of aryl methyl sites for hydroxylation is 1. The van der Waals surface area contributed by atoms with Crippen LogP contribution in [-0.4, -0.2) is 23.5 Å². The van der Waals surface area contributed by atoms with E-state index in [9.17, 15) is 9.59 Å². The van der Waals surface area contributed by atoms with Crippen molar-refractivity contribution in [1.82, 2.24) is 0 Å². The van der Waals surface area contributed by atoms with E-state index in [2.05, 4.69) is 5.32 Å². The smallest absolute Gasteiger partial charge is 0.337 e. The lowest BCUT2D eigenvalue weighted by Gasteiger charge is -2.10. The van der Waals surface area contributed by atoms with Crippen LogP contribution in [0.2, 0.25) is 0 Å². The molecule has 4 N–H and O–H groups in total. The Morgan fingerprint density at radius 3 is 2.67 bits per heavy atom. The molecule has 0 atom stereocenters. The van der Waals surface area contributed by atoms with Gasteiger partial charge in [-0.3, -0.25) is 4.79 Å². The van der Waals surface area contributed by atoms with Crippen LogP contribution in [0.4, 0.5) is 5.69 Å². The van der Waals surface area contributed by atoms with Crippen LogP contribution in [0.1, 0.15) is 15.9 Å². The Morgan fingerprint density at radius 2 is 2.13 bits per heavy atom. The average molecular weight is 208 g/mol. The molecule has 1 amide bonds. The minimum atomic E-state index is -1.08. The zero-order valence-corrected chi connectivity index (χ0v) is 8.28. The fourth-order valence-corrected chi connectivity index (χ4v) is 1.20. The number of anilines is 1. The van der Waals surface area contributed by atoms with Gasteiger partial charge in [0.15, 0.2) is 0 Å². The summed E-state index contributed by atoms with van der Waals surface area (Å²) in [7, 11) is 0. The maximum Gasteiger partial charge on any atom is 0.337 e. The van der Waals surface area contributed by atoms with Gasteiger partial charge < -0.3 is 16.2 Å². The van der Waals surface area contributed by atoms with E-state index in [1.807, 2.05) is 0 Å². The molecule has 5 nitrogen and oxygen atoms in total. The molecular formula is C10H12N2O3. The fourth-order valence-electron chi connectivity index (χ4n) is 1.20. The lowest BCUT2D eigenvalue weighted by molar-refractivity contribution is -0.114. The Kier molecular flexibility index (Phi) is 3.41. The highest BCUT2D eigenvalue weighted by Crippen LogP contribution is 2.20. The first-order valence-corrected chi connectivity index (χ1v) is 4.39. The molecule has 0 spiro atoms. The highest BCUT2D eigenvalue weighted by molar-refractivity contribution is 6.01. The molecule has 1 aromatic rings. The topological polar surface area (TPSA) is 92.4 Å². The van der Waals surface area contributed by atoms with Crippen LogP contribution in [0.15, 0.2) is 18.2 Å². The van der Waals surface area contributed by atoms with E-state index in [0.29, 0.717) is 11.3 Å². The minimum Gasteiger partial charge on any atom is -0.478 e. The lowest BCUT2D eigenvalue weighted by atomic mass is 10.1. The van der Waals surface area contributed by atoms with E-state index in [0.717, 1.165) is 0 Å². The summed E-state index contributed by atoms with van der Waals surface area (Å²) in [6.07, 6.45) is 0. The number of rotatable bonds is 3. The Hall–Kier alpha value is -1.88. The van der Waals surface area contributed by atoms with Crippen molar-refractivity contribution in [2.24, 2.45) is 5.73 Å². The molecule has 0 aromatic heterocycles. The lowest BCUT2D eigenvalue weighted by Crippen LogP contribution is -2.23. The number of nitrogens with one attached hydrogen (secondary N) is 1. The van der Waals surface area contributed by atoms with Crippen molar-refractivity contribution < 1.29 is 14.7 Å². The molecular weight excluding hydrogens is 196 g/mol. The summed E-state index contributed by atoms with van der Waals surface area (Å²) < 4.78 is 0. The Morgan fingerprint density at radius 1 is 1.47 bits per heavy atom. The summed E-state index contributed by atoms with van der Waals surface area (Å²) in [5, 5.41) is 11.4. The number of aromatic carboxylic acids is 1. The molecule has 0 radical (unpaired) electrons. The van der Waals surface area contributed by atoms with Gasteiger partial charge in [-0.15, -0.1) is 0 Å². The second-order valence-corrected chi connectivity index (χ2v) is 3.05. The quantitative estimate of drug-likeness (QED) is 0.677. The number of nitrogens with two attached hydrogens (primary N) is 1. The third-order valence-corrected chi connectivity index (χ3v) is 1.95. The summed E-state index contributed by atoms with van der Waals surface area (Å²) >= 11 is 0. The Balaban J connectivity index is 3.13. The number of hydrogen-bond donors (Lipinski definition) is 3. The van der Waals surface area contributed by atoms with Gasteiger partial charge in [-0.05, 0) is 18.6 Å². The summed E-state index contributed by atoms with van der Waals surface area (Å²) in [6, 6.07) is 4.77. The van der Waals surface area contributed by atoms with Gasteiger partial charge in [0.25, 0.3) is 0 Å². The van der Waals surface area contributed by atoms with E-state index < -0.39 is 11.9 Å². The number of para-hydroxylation sites is 1. The number of benzene rings is 1. The second kappa shape index (κ2) is 4.56. The van der Waals surface area contributed by atoms with E-state index >= 15 is 0 Å². The van der Waals surface area contributed by atoms with Gasteiger partial charge in [0.2, 0.25) is 5.91 Å². The van der Waals surface area contributed by atoms with Crippen LogP contribution < -0.4 is 11.1 Å². The predicted octanol–water partition coefficient (Wildman–Crippen LogP) is 0.590. The standard InChI is InChI=1S/C10H12N2O3/c1-6-3-2-4-7(10(14)15)9(6)12-8(13)5-11/h2-4H,5,11H2,1H3,(H,12,13)(H,14,15). The van der Waals surface area contributed by atoms with Crippen LogP contribution in [0.3, 0.4) is 0 Å². The molecule has 0 aliphatic heterocycles. The molecule has 0 unspecified atom stereocenters. The van der Waals surface area contributed by atoms with Gasteiger partial charge in [-0.1, -0.05) is 12.1 Å². The summed E-state index contributed by atoms with van der Waals surface area (Å²) in [5.41, 5.74) is 6.20. The van der Waals surface area contributed by atoms with Crippen molar-refractivity contribution in [2.75, 3.05) is 11.9 Å². The van der Waals surface area contributed by atoms with Gasteiger partial charge in [0, 0.05) is 0 Å². The second-order valence-electron chi connectivity index (χ2n) is 3.05. The van der Waals surface area contributed by atoms with E-state index in [1.165, 1.54) is 6.07 Å². The van der Waals surface area contributed by atoms with Crippen molar-refractivity contribution in [2.45, 2.75) is 6.92 Å². The fraction of sp³-hybridized carbons (Fsp3) is 0.200. The van der Waals surface area contributed by atoms with Crippen LogP contribution >= 0.6 is 0 Å². The molecule has 0 saturated heterocycles. The number of carboxylic acids is 1. The molecule has 0 heterocycles. The van der Waals surface area contributed by atoms with Crippen LogP contribution in [-0.2, 0) is 4.79 Å². The number of amides is 1. The SMILES string of the molecule is Cc1cccc(C(=O)O)c1NC(=O)CN. The van der Waals surface area contributed by atoms with Crippen LogP contribution in [0.5, 0.6) is 0 Å². The molecule has 1 rings (SSSR count). The molecule has 0 aliphatic rings. The zero-order valence-electron chi connectivity index (χ0n) is 8.28. The van der Waals surface area contributed by atoms with Gasteiger partial charge >= 0.3 is 5.97 Å². The van der Waals surface area contributed by atoms with Crippen molar-refractivity contribution >= 4 is 17.6 Å². The Labute approximate surface area is 86.9 Å². The maximum atomic E-state index is 11.1. The predicted molar refractivity (Wildman–Crippen MR) is 55.8 cm³/mol. The summed E-state index contributed by atoms with van der Waals surface area (Å²) in [4.78, 5) is 21.9. The summed E-state index contributed by atoms with van der Waals surface area (Å²) in [6.45, 7) is 1.55. The van der Waals surface area contributed by atoms with Gasteiger partial charge in [-0.2, -0.15) is 0 Å². The first-order valence-electron chi connectivity index (χ1n) is 4.39. The molecule has 5 heteroatoms. The number of hydrogen-bond acceptors (Lipinski definition) is 3. The highest BCUT2D eigenvalue weighted by Gasteiger charge is 2.13. The molecule has 0 bridgehead atoms. The van der Waals surface area contributed by atoms with Gasteiger partial charge in [0.05, 0.1) is 17.8 Å². The summed E-state index contributed by atoms with van der Waals surface area (Å²) in [5.74, 6) is -1.49. The van der Waals surface area contributed by atoms with Gasteiger partial charge in [0.1, 0.15) is 0 Å². The van der Waals surface area contributed by atoms with Crippen molar-refractivity contribution in [3.63, 3.8) is 0 Å². The number of carbonyl (C=O) groups is 2. The van der Waals surface area contributed by atoms with Crippen LogP contribution in [0.25, 0.3) is 0 Å². The third-order valence-electron chi connectivity index (χ3n) is 1.95. The first kappa shape index (κ1) is 11.2. The third kappa shape index (κ3) is 2.54. The van der Waals surface area contributed by atoms with Crippen LogP contribution in [0, 0.1) is 6.92 Å². The monoisotopic (exact) mass is 208 g/mol. The molecule has 0 aliphatic carbocycles. The van der Waals surface area contributed by atoms with Crippen molar-refractivity contribution in [3.8, 4) is 0 Å². The molecule has 1 aromatic carbocycles.